The van der Waals surface area contributed by atoms with Crippen LogP contribution in [0.25, 0.3) is 0 Å². The van der Waals surface area contributed by atoms with E-state index in [2.05, 4.69) is 0 Å². The van der Waals surface area contributed by atoms with Crippen LogP contribution in [0.4, 0.5) is 0 Å². The maximum Gasteiger partial charge on any atom is 0.341 e. The van der Waals surface area contributed by atoms with Gasteiger partial charge in [-0.25, -0.2) is 14.4 Å². The van der Waals surface area contributed by atoms with Crippen molar-refractivity contribution in [1.82, 2.24) is 4.57 Å². The second kappa shape index (κ2) is 11.0. The van der Waals surface area contributed by atoms with Gasteiger partial charge in [-0.3, -0.25) is 4.79 Å². The highest BCUT2D eigenvalue weighted by atomic mass is 16.6. The Hall–Kier alpha value is -4.16. The third-order valence-corrected chi connectivity index (χ3v) is 10.3. The van der Waals surface area contributed by atoms with Crippen molar-refractivity contribution in [3.63, 3.8) is 0 Å². The van der Waals surface area contributed by atoms with E-state index in [0.717, 1.165) is 0 Å². The van der Waals surface area contributed by atoms with Gasteiger partial charge in [-0.15, -0.1) is 0 Å². The van der Waals surface area contributed by atoms with Crippen LogP contribution in [0.1, 0.15) is 78.0 Å². The van der Waals surface area contributed by atoms with Gasteiger partial charge in [-0.2, -0.15) is 0 Å². The molecule has 240 valence electrons. The van der Waals surface area contributed by atoms with E-state index in [1.165, 1.54) is 67.1 Å². The number of aliphatic hydroxyl groups excluding tert-OH is 1. The minimum atomic E-state index is -1.43. The highest BCUT2D eigenvalue weighted by Crippen LogP contribution is 2.69. The van der Waals surface area contributed by atoms with Crippen LogP contribution in [0.3, 0.4) is 0 Å². The number of ether oxygens (including phenoxy) is 4. The lowest BCUT2D eigenvalue weighted by Crippen LogP contribution is -2.78. The third kappa shape index (κ3) is 4.56. The molecule has 12 nitrogen and oxygen atoms in total. The first-order valence-corrected chi connectivity index (χ1v) is 15.1. The number of fused-ring (bicyclic) bond motifs is 1. The van der Waals surface area contributed by atoms with Crippen LogP contribution in [0.15, 0.2) is 69.1 Å². The smallest absolute Gasteiger partial charge is 0.341 e. The Balaban J connectivity index is 1.51. The average Bonchev–Trinajstić information content (AvgIpc) is 3.77. The zero-order chi connectivity index (χ0) is 32.3. The molecule has 1 spiro atoms. The first kappa shape index (κ1) is 30.8. The fourth-order valence-electron chi connectivity index (χ4n) is 8.06. The minimum absolute atomic E-state index is 0.0902. The lowest BCUT2D eigenvalue weighted by Gasteiger charge is -2.65. The maximum absolute atomic E-state index is 13.7. The summed E-state index contributed by atoms with van der Waals surface area (Å²) in [5, 5.41) is 12.3. The van der Waals surface area contributed by atoms with E-state index in [1.54, 1.807) is 6.92 Å². The molecule has 45 heavy (non-hydrogen) atoms. The number of furan rings is 2. The molecular formula is C33H37NO11. The number of nitrogens with zero attached hydrogens (tertiary/aromatic N) is 1. The predicted molar refractivity (Wildman–Crippen MR) is 155 cm³/mol. The number of hydrogen-bond donors (Lipinski definition) is 1. The molecule has 0 aromatic carbocycles. The van der Waals surface area contributed by atoms with Crippen LogP contribution in [0.5, 0.6) is 0 Å². The molecule has 3 aliphatic rings. The number of rotatable bonds is 7. The number of aliphatic hydroxyl groups is 1. The molecule has 6 rings (SSSR count). The molecule has 2 aliphatic carbocycles. The molecular weight excluding hydrogens is 586 g/mol. The van der Waals surface area contributed by atoms with E-state index in [-0.39, 0.29) is 22.2 Å². The topological polar surface area (TPSA) is 157 Å². The molecule has 0 amide bonds. The van der Waals surface area contributed by atoms with Crippen LogP contribution in [-0.4, -0.2) is 63.7 Å². The number of pyridine rings is 1. The van der Waals surface area contributed by atoms with E-state index >= 15 is 0 Å². The van der Waals surface area contributed by atoms with Gasteiger partial charge < -0.3 is 37.5 Å². The summed E-state index contributed by atoms with van der Waals surface area (Å²) in [5.41, 5.74) is -3.42. The highest BCUT2D eigenvalue weighted by Gasteiger charge is 2.81. The number of esters is 3. The average molecular weight is 624 g/mol. The molecule has 3 aromatic heterocycles. The molecule has 3 aromatic rings. The van der Waals surface area contributed by atoms with Crippen molar-refractivity contribution >= 4 is 17.9 Å². The Kier molecular flexibility index (Phi) is 7.56. The summed E-state index contributed by atoms with van der Waals surface area (Å²) in [6.07, 6.45) is 2.64. The molecule has 8 atom stereocenters. The fraction of sp³-hybridized carbons (Fsp3) is 0.515. The summed E-state index contributed by atoms with van der Waals surface area (Å²) in [7, 11) is 1.51. The number of aryl methyl sites for hydroxylation is 1. The molecule has 1 N–H and O–H groups in total. The van der Waals surface area contributed by atoms with Crippen molar-refractivity contribution in [1.29, 1.82) is 0 Å². The summed E-state index contributed by atoms with van der Waals surface area (Å²) >= 11 is 0. The summed E-state index contributed by atoms with van der Waals surface area (Å²) in [4.78, 5) is 52.7. The van der Waals surface area contributed by atoms with E-state index in [4.69, 9.17) is 27.8 Å². The van der Waals surface area contributed by atoms with Crippen molar-refractivity contribution in [3.05, 3.63) is 82.6 Å². The Labute approximate surface area is 259 Å². The lowest BCUT2D eigenvalue weighted by molar-refractivity contribution is -0.311. The minimum Gasteiger partial charge on any atom is -0.472 e. The second-order valence-corrected chi connectivity index (χ2v) is 13.0. The summed E-state index contributed by atoms with van der Waals surface area (Å²) in [6.45, 7) is 7.61. The summed E-state index contributed by atoms with van der Waals surface area (Å²) < 4.78 is 37.0. The van der Waals surface area contributed by atoms with Gasteiger partial charge >= 0.3 is 17.9 Å². The fourth-order valence-corrected chi connectivity index (χ4v) is 8.06. The molecule has 1 saturated heterocycles. The van der Waals surface area contributed by atoms with Crippen molar-refractivity contribution in [2.45, 2.75) is 83.1 Å². The Morgan fingerprint density at radius 1 is 0.933 bits per heavy atom. The zero-order valence-electron chi connectivity index (χ0n) is 25.8. The largest absolute Gasteiger partial charge is 0.472 e. The quantitative estimate of drug-likeness (QED) is 0.301. The second-order valence-electron chi connectivity index (χ2n) is 13.0. The van der Waals surface area contributed by atoms with Gasteiger partial charge in [0.05, 0.1) is 52.8 Å². The van der Waals surface area contributed by atoms with Crippen LogP contribution in [0.2, 0.25) is 0 Å². The van der Waals surface area contributed by atoms with Crippen molar-refractivity contribution in [2.75, 3.05) is 0 Å². The molecule has 12 heteroatoms. The van der Waals surface area contributed by atoms with Crippen molar-refractivity contribution < 1.29 is 47.3 Å². The Bertz CT molecular complexity index is 1640. The van der Waals surface area contributed by atoms with Crippen LogP contribution >= 0.6 is 0 Å². The summed E-state index contributed by atoms with van der Waals surface area (Å²) in [6, 6.07) is 5.53. The first-order valence-electron chi connectivity index (χ1n) is 15.1. The number of aromatic nitrogens is 1. The zero-order valence-corrected chi connectivity index (χ0v) is 25.8. The molecule has 1 aliphatic heterocycles. The van der Waals surface area contributed by atoms with E-state index in [1.807, 2.05) is 20.8 Å². The maximum atomic E-state index is 13.7. The predicted octanol–water partition coefficient (Wildman–Crippen LogP) is 3.91. The van der Waals surface area contributed by atoms with Gasteiger partial charge in [-0.1, -0.05) is 20.8 Å². The van der Waals surface area contributed by atoms with E-state index in [9.17, 15) is 24.3 Å². The van der Waals surface area contributed by atoms with Gasteiger partial charge in [0.1, 0.15) is 30.3 Å². The first-order chi connectivity index (χ1) is 21.4. The monoisotopic (exact) mass is 623 g/mol. The lowest BCUT2D eigenvalue weighted by atomic mass is 9.44. The Morgan fingerprint density at radius 3 is 2.13 bits per heavy atom. The standard InChI is InChI=1S/C33H37NO11/c1-6-21-24-25(43-28(37)18-7-8-23(35)34(5)15-18)27(44-30(39)20-11-14-41-17-20)32(4)22(42-29(38)19-10-13-40-16-19)9-12-31(2,3)33(32,45-21)26(24)36/h7-8,10-11,13-17,21-22,24-27,36H,6,9,12H2,1-5H3/t21-,22-,24+,25-,26+,27-,32-,33-/m0/s1. The van der Waals surface area contributed by atoms with E-state index < -0.39 is 70.8 Å². The normalized spacial score (nSPS) is 33.2. The number of hydrogen-bond acceptors (Lipinski definition) is 11. The van der Waals surface area contributed by atoms with Crippen LogP contribution in [-0.2, 0) is 26.0 Å². The molecule has 3 fully saturated rings. The highest BCUT2D eigenvalue weighted by molar-refractivity contribution is 5.90. The van der Waals surface area contributed by atoms with Gasteiger partial charge in [0.15, 0.2) is 6.10 Å². The van der Waals surface area contributed by atoms with Gasteiger partial charge in [-0.05, 0) is 49.8 Å². The molecule has 0 unspecified atom stereocenters. The summed E-state index contributed by atoms with van der Waals surface area (Å²) in [5.74, 6) is -3.00. The number of carbonyl (C=O) groups excluding carboxylic acids is 3. The van der Waals surface area contributed by atoms with Crippen molar-refractivity contribution in [2.24, 2.45) is 23.8 Å². The van der Waals surface area contributed by atoms with Crippen molar-refractivity contribution in [3.8, 4) is 0 Å². The van der Waals surface area contributed by atoms with Crippen LogP contribution < -0.4 is 5.56 Å². The Morgan fingerprint density at radius 2 is 1.56 bits per heavy atom. The number of carbonyl (C=O) groups is 3. The van der Waals surface area contributed by atoms with Gasteiger partial charge in [0.25, 0.3) is 0 Å². The molecule has 2 bridgehead atoms. The SMILES string of the molecule is CC[C@@H]1O[C@]23[C@H](O)[C@H]1[C@H](OC(=O)c1ccc(=O)n(C)c1)[C@H](OC(=O)c1ccoc1)[C@]2(C)[C@@H](OC(=O)c1ccoc1)CCC3(C)C. The molecule has 0 radical (unpaired) electrons. The molecule has 4 heterocycles. The third-order valence-electron chi connectivity index (χ3n) is 10.3. The van der Waals surface area contributed by atoms with Gasteiger partial charge in [0, 0.05) is 19.3 Å². The van der Waals surface area contributed by atoms with E-state index in [0.29, 0.717) is 19.3 Å². The molecule has 2 saturated carbocycles. The van der Waals surface area contributed by atoms with Gasteiger partial charge in [0.2, 0.25) is 5.56 Å². The van der Waals surface area contributed by atoms with Crippen LogP contribution in [0, 0.1) is 16.7 Å².